The van der Waals surface area contributed by atoms with Crippen LogP contribution in [0.2, 0.25) is 0 Å². The van der Waals surface area contributed by atoms with Crippen LogP contribution in [0.1, 0.15) is 31.4 Å². The Bertz CT molecular complexity index is 556. The normalized spacial score (nSPS) is 14.5. The molecular weight excluding hydrogens is 282 g/mol. The van der Waals surface area contributed by atoms with Gasteiger partial charge in [-0.15, -0.1) is 0 Å². The van der Waals surface area contributed by atoms with E-state index in [-0.39, 0.29) is 11.9 Å². The van der Waals surface area contributed by atoms with E-state index in [1.165, 1.54) is 18.2 Å². The van der Waals surface area contributed by atoms with Crippen LogP contribution >= 0.6 is 0 Å². The molecule has 1 heterocycles. The predicted octanol–water partition coefficient (Wildman–Crippen LogP) is 2.27. The summed E-state index contributed by atoms with van der Waals surface area (Å²) in [5.74, 6) is -1.36. The smallest absolute Gasteiger partial charge is 0.306 e. The van der Waals surface area contributed by atoms with Gasteiger partial charge in [0.1, 0.15) is 0 Å². The van der Waals surface area contributed by atoms with Gasteiger partial charge in [-0.3, -0.25) is 9.59 Å². The fourth-order valence-corrected chi connectivity index (χ4v) is 2.79. The molecule has 0 saturated heterocycles. The molecule has 120 valence electrons. The van der Waals surface area contributed by atoms with Crippen molar-refractivity contribution in [3.8, 4) is 0 Å². The predicted molar refractivity (Wildman–Crippen MR) is 84.1 cm³/mol. The van der Waals surface area contributed by atoms with Crippen LogP contribution in [-0.4, -0.2) is 36.7 Å². The molecule has 1 N–H and O–H groups in total. The number of nitrogens with zero attached hydrogens (tertiary/aromatic N) is 1. The van der Waals surface area contributed by atoms with Crippen molar-refractivity contribution in [3.05, 3.63) is 29.3 Å². The molecule has 0 aliphatic carbocycles. The molecule has 5 nitrogen and oxygen atoms in total. The van der Waals surface area contributed by atoms with Crippen LogP contribution in [0.4, 0.5) is 5.69 Å². The maximum atomic E-state index is 10.9. The number of ether oxygens (including phenoxy) is 1. The lowest BCUT2D eigenvalue weighted by atomic mass is 9.99. The first-order valence-electron chi connectivity index (χ1n) is 7.70. The fraction of sp³-hybridized carbons (Fsp3) is 0.529. The zero-order chi connectivity index (χ0) is 16.1. The maximum Gasteiger partial charge on any atom is 0.306 e. The number of anilines is 1. The van der Waals surface area contributed by atoms with E-state index in [2.05, 4.69) is 17.0 Å². The molecular formula is C17H23NO4. The zero-order valence-corrected chi connectivity index (χ0v) is 13.2. The Labute approximate surface area is 130 Å². The van der Waals surface area contributed by atoms with Gasteiger partial charge in [0.2, 0.25) is 0 Å². The molecule has 0 fully saturated rings. The van der Waals surface area contributed by atoms with Crippen molar-refractivity contribution in [3.63, 3.8) is 0 Å². The molecule has 1 aromatic rings. The maximum absolute atomic E-state index is 10.9. The van der Waals surface area contributed by atoms with Crippen LogP contribution in [0, 0.1) is 5.92 Å². The molecule has 0 bridgehead atoms. The van der Waals surface area contributed by atoms with Crippen LogP contribution in [-0.2, 0) is 27.2 Å². The molecule has 0 unspecified atom stereocenters. The minimum Gasteiger partial charge on any atom is -0.481 e. The van der Waals surface area contributed by atoms with Crippen molar-refractivity contribution < 1.29 is 19.4 Å². The third kappa shape index (κ3) is 4.23. The van der Waals surface area contributed by atoms with Gasteiger partial charge in [0, 0.05) is 25.7 Å². The minimum absolute atomic E-state index is 0.237. The zero-order valence-electron chi connectivity index (χ0n) is 13.2. The van der Waals surface area contributed by atoms with Crippen molar-refractivity contribution >= 4 is 17.6 Å². The standard InChI is InChI=1S/C17H23NO4/c1-12(17(20)21)10-14-4-5-16-15(11-14)6-8-18(16)7-3-9-22-13(2)19/h4-5,11-12H,3,6-10H2,1-2H3,(H,20,21)/t12-/m1/s1. The van der Waals surface area contributed by atoms with Gasteiger partial charge < -0.3 is 14.7 Å². The van der Waals surface area contributed by atoms with Gasteiger partial charge in [0.15, 0.2) is 0 Å². The lowest BCUT2D eigenvalue weighted by Crippen LogP contribution is -2.23. The van der Waals surface area contributed by atoms with E-state index >= 15 is 0 Å². The monoisotopic (exact) mass is 305 g/mol. The van der Waals surface area contributed by atoms with Gasteiger partial charge in [0.25, 0.3) is 0 Å². The summed E-state index contributed by atoms with van der Waals surface area (Å²) in [6.45, 7) is 5.44. The Kier molecular flexibility index (Phi) is 5.41. The fourth-order valence-electron chi connectivity index (χ4n) is 2.79. The van der Waals surface area contributed by atoms with Crippen LogP contribution in [0.15, 0.2) is 18.2 Å². The summed E-state index contributed by atoms with van der Waals surface area (Å²) in [4.78, 5) is 24.0. The Morgan fingerprint density at radius 3 is 2.86 bits per heavy atom. The highest BCUT2D eigenvalue weighted by molar-refractivity contribution is 5.70. The lowest BCUT2D eigenvalue weighted by Gasteiger charge is -2.19. The molecule has 22 heavy (non-hydrogen) atoms. The highest BCUT2D eigenvalue weighted by atomic mass is 16.5. The van der Waals surface area contributed by atoms with E-state index in [1.54, 1.807) is 6.92 Å². The van der Waals surface area contributed by atoms with Gasteiger partial charge in [0.05, 0.1) is 12.5 Å². The van der Waals surface area contributed by atoms with Gasteiger partial charge in [-0.25, -0.2) is 0 Å². The first-order valence-corrected chi connectivity index (χ1v) is 7.70. The summed E-state index contributed by atoms with van der Waals surface area (Å²) in [5, 5.41) is 8.99. The second-order valence-corrected chi connectivity index (χ2v) is 5.84. The molecule has 0 radical (unpaired) electrons. The summed E-state index contributed by atoms with van der Waals surface area (Å²) in [6.07, 6.45) is 2.37. The molecule has 1 aliphatic heterocycles. The van der Waals surface area contributed by atoms with Crippen molar-refractivity contribution in [2.45, 2.75) is 33.1 Å². The molecule has 1 aliphatic rings. The van der Waals surface area contributed by atoms with Gasteiger partial charge in [-0.1, -0.05) is 19.1 Å². The lowest BCUT2D eigenvalue weighted by molar-refractivity contribution is -0.142. The van der Waals surface area contributed by atoms with E-state index < -0.39 is 5.97 Å². The Morgan fingerprint density at radius 1 is 1.41 bits per heavy atom. The summed E-state index contributed by atoms with van der Waals surface area (Å²) in [6, 6.07) is 6.22. The highest BCUT2D eigenvalue weighted by Crippen LogP contribution is 2.29. The number of hydrogen-bond donors (Lipinski definition) is 1. The number of aliphatic carboxylic acids is 1. The number of carbonyl (C=O) groups is 2. The van der Waals surface area contributed by atoms with Crippen LogP contribution < -0.4 is 4.90 Å². The molecule has 1 atom stereocenters. The number of rotatable bonds is 7. The second kappa shape index (κ2) is 7.29. The van der Waals surface area contributed by atoms with Gasteiger partial charge in [-0.2, -0.15) is 0 Å². The number of benzene rings is 1. The summed E-state index contributed by atoms with van der Waals surface area (Å²) < 4.78 is 4.95. The van der Waals surface area contributed by atoms with E-state index in [9.17, 15) is 9.59 Å². The topological polar surface area (TPSA) is 66.8 Å². The number of esters is 1. The average Bonchev–Trinajstić information content (AvgIpc) is 2.85. The molecule has 0 saturated carbocycles. The molecule has 5 heteroatoms. The number of carbonyl (C=O) groups excluding carboxylic acids is 1. The average molecular weight is 305 g/mol. The molecule has 1 aromatic carbocycles. The summed E-state index contributed by atoms with van der Waals surface area (Å²) >= 11 is 0. The van der Waals surface area contributed by atoms with E-state index in [4.69, 9.17) is 9.84 Å². The van der Waals surface area contributed by atoms with E-state index in [1.807, 2.05) is 6.07 Å². The Hall–Kier alpha value is -2.04. The van der Waals surface area contributed by atoms with Crippen molar-refractivity contribution in [2.75, 3.05) is 24.6 Å². The van der Waals surface area contributed by atoms with Gasteiger partial charge >= 0.3 is 11.9 Å². The number of hydrogen-bond acceptors (Lipinski definition) is 4. The Morgan fingerprint density at radius 2 is 2.18 bits per heavy atom. The van der Waals surface area contributed by atoms with Gasteiger partial charge in [-0.05, 0) is 36.5 Å². The molecule has 2 rings (SSSR count). The van der Waals surface area contributed by atoms with Crippen LogP contribution in [0.25, 0.3) is 0 Å². The van der Waals surface area contributed by atoms with Crippen molar-refractivity contribution in [1.29, 1.82) is 0 Å². The first-order chi connectivity index (χ1) is 10.5. The van der Waals surface area contributed by atoms with Crippen molar-refractivity contribution in [1.82, 2.24) is 0 Å². The Balaban J connectivity index is 1.92. The third-order valence-electron chi connectivity index (χ3n) is 3.98. The quantitative estimate of drug-likeness (QED) is 0.618. The summed E-state index contributed by atoms with van der Waals surface area (Å²) in [7, 11) is 0. The van der Waals surface area contributed by atoms with Crippen molar-refractivity contribution in [2.24, 2.45) is 5.92 Å². The van der Waals surface area contributed by atoms with E-state index in [0.717, 1.165) is 31.5 Å². The first kappa shape index (κ1) is 16.3. The molecule has 0 aromatic heterocycles. The SMILES string of the molecule is CC(=O)OCCCN1CCc2cc(C[C@@H](C)C(=O)O)ccc21. The number of carboxylic acids is 1. The number of carboxylic acid groups (broad SMARTS) is 1. The van der Waals surface area contributed by atoms with E-state index in [0.29, 0.717) is 13.0 Å². The summed E-state index contributed by atoms with van der Waals surface area (Å²) in [5.41, 5.74) is 3.58. The largest absolute Gasteiger partial charge is 0.481 e. The molecule has 0 amide bonds. The minimum atomic E-state index is -0.757. The third-order valence-corrected chi connectivity index (χ3v) is 3.98. The van der Waals surface area contributed by atoms with Crippen LogP contribution in [0.3, 0.4) is 0 Å². The second-order valence-electron chi connectivity index (χ2n) is 5.84. The highest BCUT2D eigenvalue weighted by Gasteiger charge is 2.20. The number of fused-ring (bicyclic) bond motifs is 1. The molecule has 0 spiro atoms. The van der Waals surface area contributed by atoms with Crippen LogP contribution in [0.5, 0.6) is 0 Å².